The monoisotopic (exact) mass is 514 g/mol. The lowest BCUT2D eigenvalue weighted by Gasteiger charge is -2.25. The Morgan fingerprint density at radius 1 is 1.08 bits per heavy atom. The lowest BCUT2D eigenvalue weighted by molar-refractivity contribution is -0.132. The predicted octanol–water partition coefficient (Wildman–Crippen LogP) is 5.94. The number of nitrogens with zero attached hydrogens (tertiary/aromatic N) is 2. The number of benzene rings is 3. The molecule has 1 aliphatic heterocycles. The van der Waals surface area contributed by atoms with E-state index in [-0.39, 0.29) is 5.91 Å². The molecule has 7 heteroatoms. The van der Waals surface area contributed by atoms with Crippen molar-refractivity contribution < 1.29 is 9.53 Å². The van der Waals surface area contributed by atoms with Gasteiger partial charge in [-0.25, -0.2) is 0 Å². The van der Waals surface area contributed by atoms with Crippen molar-refractivity contribution >= 4 is 33.3 Å². The van der Waals surface area contributed by atoms with Crippen molar-refractivity contribution in [3.63, 3.8) is 0 Å². The van der Waals surface area contributed by atoms with E-state index in [2.05, 4.69) is 63.5 Å². The molecule has 0 saturated carbocycles. The minimum Gasteiger partial charge on any atom is -0.497 e. The zero-order chi connectivity index (χ0) is 25.5. The van der Waals surface area contributed by atoms with Crippen LogP contribution in [0.1, 0.15) is 31.2 Å². The first-order valence-corrected chi connectivity index (χ1v) is 13.8. The second kappa shape index (κ2) is 12.2. The van der Waals surface area contributed by atoms with Crippen LogP contribution in [0.5, 0.6) is 5.75 Å². The van der Waals surface area contributed by atoms with Crippen LogP contribution in [-0.4, -0.2) is 48.0 Å². The van der Waals surface area contributed by atoms with Crippen LogP contribution < -0.4 is 15.4 Å². The van der Waals surface area contributed by atoms with Crippen molar-refractivity contribution in [1.29, 1.82) is 0 Å². The summed E-state index contributed by atoms with van der Waals surface area (Å²) in [6.45, 7) is 3.11. The summed E-state index contributed by atoms with van der Waals surface area (Å²) < 4.78 is 11.0. The summed E-state index contributed by atoms with van der Waals surface area (Å²) in [5.74, 6) is 2.00. The Hall–Kier alpha value is -3.42. The van der Waals surface area contributed by atoms with Crippen molar-refractivity contribution in [2.75, 3.05) is 32.1 Å². The molecule has 1 fully saturated rings. The van der Waals surface area contributed by atoms with Gasteiger partial charge in [0.05, 0.1) is 11.8 Å². The number of aromatic nitrogens is 1. The lowest BCUT2D eigenvalue weighted by atomic mass is 10.0. The van der Waals surface area contributed by atoms with E-state index in [1.165, 1.54) is 16.2 Å². The fourth-order valence-electron chi connectivity index (χ4n) is 4.86. The first-order chi connectivity index (χ1) is 18.2. The molecule has 1 unspecified atom stereocenters. The molecular formula is C30H34N4O2S. The van der Waals surface area contributed by atoms with Gasteiger partial charge in [0.15, 0.2) is 0 Å². The second-order valence-corrected chi connectivity index (χ2v) is 10.4. The fourth-order valence-corrected chi connectivity index (χ4v) is 5.61. The van der Waals surface area contributed by atoms with Gasteiger partial charge < -0.3 is 20.3 Å². The molecule has 3 aromatic carbocycles. The number of amides is 1. The molecule has 4 aromatic rings. The van der Waals surface area contributed by atoms with Crippen molar-refractivity contribution in [1.82, 2.24) is 14.6 Å². The smallest absolute Gasteiger partial charge is 0.224 e. The average Bonchev–Trinajstić information content (AvgIpc) is 3.61. The number of anilines is 1. The van der Waals surface area contributed by atoms with Crippen LogP contribution in [0, 0.1) is 0 Å². The largest absolute Gasteiger partial charge is 0.497 e. The summed E-state index contributed by atoms with van der Waals surface area (Å²) in [5, 5.41) is 8.10. The zero-order valence-corrected chi connectivity index (χ0v) is 22.1. The van der Waals surface area contributed by atoms with E-state index < -0.39 is 0 Å². The number of fused-ring (bicyclic) bond motifs is 1. The third-order valence-corrected chi connectivity index (χ3v) is 7.79. The maximum absolute atomic E-state index is 13.3. The summed E-state index contributed by atoms with van der Waals surface area (Å²) >= 11 is 1.51. The topological polar surface area (TPSA) is 66.5 Å². The minimum absolute atomic E-state index is 0.220. The molecule has 0 aliphatic carbocycles. The van der Waals surface area contributed by atoms with Gasteiger partial charge in [0, 0.05) is 37.5 Å². The van der Waals surface area contributed by atoms with E-state index in [4.69, 9.17) is 4.74 Å². The Morgan fingerprint density at radius 2 is 1.84 bits per heavy atom. The molecule has 1 saturated heterocycles. The maximum atomic E-state index is 13.3. The summed E-state index contributed by atoms with van der Waals surface area (Å²) in [5.41, 5.74) is 3.44. The number of carbonyl (C=O) groups excluding carboxylic acids is 1. The van der Waals surface area contributed by atoms with E-state index in [1.807, 2.05) is 29.2 Å². The van der Waals surface area contributed by atoms with Crippen molar-refractivity contribution in [3.8, 4) is 16.9 Å². The average molecular weight is 515 g/mol. The highest BCUT2D eigenvalue weighted by atomic mass is 32.1. The van der Waals surface area contributed by atoms with E-state index in [9.17, 15) is 4.79 Å². The van der Waals surface area contributed by atoms with Crippen molar-refractivity contribution in [3.05, 3.63) is 78.4 Å². The van der Waals surface area contributed by atoms with Gasteiger partial charge in [-0.3, -0.25) is 4.79 Å². The molecule has 0 radical (unpaired) electrons. The number of hydrogen-bond donors (Lipinski definition) is 2. The SMILES string of the molecule is COc1ccc(-c2ccc(CN(CCCNc3nsc4ccccc34)C(=O)CC3CCCN3)cc2)cc1. The summed E-state index contributed by atoms with van der Waals surface area (Å²) in [6, 6.07) is 25.2. The van der Waals surface area contributed by atoms with Gasteiger partial charge in [-0.1, -0.05) is 48.5 Å². The molecule has 192 valence electrons. The quantitative estimate of drug-likeness (QED) is 0.242. The van der Waals surface area contributed by atoms with Crippen molar-refractivity contribution in [2.45, 2.75) is 38.3 Å². The Labute approximate surface area is 222 Å². The number of carbonyl (C=O) groups is 1. The van der Waals surface area contributed by atoms with E-state index in [0.717, 1.165) is 66.0 Å². The van der Waals surface area contributed by atoms with Gasteiger partial charge in [-0.15, -0.1) is 0 Å². The van der Waals surface area contributed by atoms with Crippen LogP contribution >= 0.6 is 11.5 Å². The third kappa shape index (κ3) is 6.48. The molecule has 2 heterocycles. The van der Waals surface area contributed by atoms with Gasteiger partial charge in [-0.2, -0.15) is 4.37 Å². The fraction of sp³-hybridized carbons (Fsp3) is 0.333. The molecule has 2 N–H and O–H groups in total. The molecule has 1 aliphatic rings. The lowest BCUT2D eigenvalue weighted by Crippen LogP contribution is -2.36. The number of nitrogens with one attached hydrogen (secondary N) is 2. The highest BCUT2D eigenvalue weighted by Crippen LogP contribution is 2.26. The van der Waals surface area contributed by atoms with Gasteiger partial charge in [0.25, 0.3) is 0 Å². The van der Waals surface area contributed by atoms with E-state index in [1.54, 1.807) is 7.11 Å². The third-order valence-electron chi connectivity index (χ3n) is 6.96. The van der Waals surface area contributed by atoms with Crippen LogP contribution in [-0.2, 0) is 11.3 Å². The molecule has 5 rings (SSSR count). The van der Waals surface area contributed by atoms with Crippen LogP contribution in [0.3, 0.4) is 0 Å². The first kappa shape index (κ1) is 25.2. The summed E-state index contributed by atoms with van der Waals surface area (Å²) in [6.07, 6.45) is 3.65. The number of rotatable bonds is 11. The Bertz CT molecular complexity index is 1300. The van der Waals surface area contributed by atoms with Crippen LogP contribution in [0.25, 0.3) is 21.2 Å². The first-order valence-electron chi connectivity index (χ1n) is 13.0. The molecular weight excluding hydrogens is 480 g/mol. The number of methoxy groups -OCH3 is 1. The molecule has 1 atom stereocenters. The van der Waals surface area contributed by atoms with Crippen LogP contribution in [0.15, 0.2) is 72.8 Å². The van der Waals surface area contributed by atoms with Gasteiger partial charge in [-0.05, 0) is 78.3 Å². The van der Waals surface area contributed by atoms with Gasteiger partial charge in [0.2, 0.25) is 5.91 Å². The molecule has 37 heavy (non-hydrogen) atoms. The Morgan fingerprint density at radius 3 is 2.57 bits per heavy atom. The van der Waals surface area contributed by atoms with Gasteiger partial charge in [0.1, 0.15) is 11.6 Å². The van der Waals surface area contributed by atoms with E-state index >= 15 is 0 Å². The standard InChI is InChI=1S/C30H34N4O2S/c1-36-26-15-13-24(14-16-26)23-11-9-22(10-12-23)21-34(29(35)20-25-6-4-17-31-25)19-5-18-32-30-27-7-2-3-8-28(27)37-33-30/h2-3,7-16,25,31H,4-6,17-21H2,1H3,(H,32,33). The predicted molar refractivity (Wildman–Crippen MR) is 152 cm³/mol. The minimum atomic E-state index is 0.220. The highest BCUT2D eigenvalue weighted by molar-refractivity contribution is 7.13. The summed E-state index contributed by atoms with van der Waals surface area (Å²) in [7, 11) is 1.68. The Kier molecular flexibility index (Phi) is 8.33. The number of ether oxygens (including phenoxy) is 1. The highest BCUT2D eigenvalue weighted by Gasteiger charge is 2.22. The molecule has 6 nitrogen and oxygen atoms in total. The zero-order valence-electron chi connectivity index (χ0n) is 21.3. The molecule has 1 amide bonds. The van der Waals surface area contributed by atoms with Gasteiger partial charge >= 0.3 is 0 Å². The molecule has 1 aromatic heterocycles. The normalized spacial score (nSPS) is 15.1. The molecule has 0 spiro atoms. The number of hydrogen-bond acceptors (Lipinski definition) is 6. The van der Waals surface area contributed by atoms with Crippen molar-refractivity contribution in [2.24, 2.45) is 0 Å². The second-order valence-electron chi connectivity index (χ2n) is 9.55. The molecule has 0 bridgehead atoms. The summed E-state index contributed by atoms with van der Waals surface area (Å²) in [4.78, 5) is 15.3. The Balaban J connectivity index is 1.21. The maximum Gasteiger partial charge on any atom is 0.224 e. The van der Waals surface area contributed by atoms with E-state index in [0.29, 0.717) is 25.6 Å². The van der Waals surface area contributed by atoms with Crippen LogP contribution in [0.2, 0.25) is 0 Å². The van der Waals surface area contributed by atoms with Crippen LogP contribution in [0.4, 0.5) is 5.82 Å².